The predicted molar refractivity (Wildman–Crippen MR) is 68.6 cm³/mol. The van der Waals surface area contributed by atoms with Gasteiger partial charge < -0.3 is 15.5 Å². The summed E-state index contributed by atoms with van der Waals surface area (Å²) in [6, 6.07) is 0.188. The number of piperazine rings is 1. The van der Waals surface area contributed by atoms with Gasteiger partial charge in [0, 0.05) is 38.1 Å². The number of carbonyl (C=O) groups is 1. The van der Waals surface area contributed by atoms with Crippen molar-refractivity contribution in [1.82, 2.24) is 9.80 Å². The summed E-state index contributed by atoms with van der Waals surface area (Å²) in [5, 5.41) is 0. The van der Waals surface area contributed by atoms with E-state index in [4.69, 9.17) is 5.73 Å². The van der Waals surface area contributed by atoms with Crippen LogP contribution in [0.25, 0.3) is 0 Å². The third-order valence-electron chi connectivity index (χ3n) is 4.77. The van der Waals surface area contributed by atoms with Gasteiger partial charge in [0.2, 0.25) is 5.91 Å². The summed E-state index contributed by atoms with van der Waals surface area (Å²) < 4.78 is 0. The Hall–Kier alpha value is -0.610. The van der Waals surface area contributed by atoms with Crippen LogP contribution < -0.4 is 5.73 Å². The Bertz CT molecular complexity index is 295. The van der Waals surface area contributed by atoms with E-state index in [1.165, 1.54) is 0 Å². The number of nitrogens with two attached hydrogens (primary N) is 1. The molecule has 0 aromatic carbocycles. The van der Waals surface area contributed by atoms with Gasteiger partial charge in [-0.25, -0.2) is 0 Å². The molecular formula is C13H25N3O. The van der Waals surface area contributed by atoms with Gasteiger partial charge in [-0.15, -0.1) is 0 Å². The SMILES string of the molecule is CCN1CCN(C(=O)[C@@H]2CC(N)C2(C)C)CC1. The van der Waals surface area contributed by atoms with Crippen LogP contribution in [0.4, 0.5) is 0 Å². The van der Waals surface area contributed by atoms with E-state index in [9.17, 15) is 4.79 Å². The minimum Gasteiger partial charge on any atom is -0.340 e. The Labute approximate surface area is 104 Å². The zero-order valence-corrected chi connectivity index (χ0v) is 11.3. The van der Waals surface area contributed by atoms with E-state index in [-0.39, 0.29) is 17.4 Å². The first kappa shape index (κ1) is 12.8. The molecule has 2 N–H and O–H groups in total. The van der Waals surface area contributed by atoms with Crippen LogP contribution in [0.5, 0.6) is 0 Å². The minimum absolute atomic E-state index is 0.0149. The van der Waals surface area contributed by atoms with E-state index in [1.807, 2.05) is 4.90 Å². The van der Waals surface area contributed by atoms with Crippen molar-refractivity contribution in [1.29, 1.82) is 0 Å². The lowest BCUT2D eigenvalue weighted by atomic mass is 9.58. The van der Waals surface area contributed by atoms with Crippen LogP contribution in [-0.4, -0.2) is 54.5 Å². The molecule has 1 saturated heterocycles. The largest absolute Gasteiger partial charge is 0.340 e. The Morgan fingerprint density at radius 3 is 2.29 bits per heavy atom. The zero-order chi connectivity index (χ0) is 12.6. The highest BCUT2D eigenvalue weighted by atomic mass is 16.2. The Morgan fingerprint density at radius 1 is 1.29 bits per heavy atom. The minimum atomic E-state index is -0.0149. The molecule has 0 radical (unpaired) electrons. The molecular weight excluding hydrogens is 214 g/mol. The van der Waals surface area contributed by atoms with E-state index in [0.29, 0.717) is 5.91 Å². The fraction of sp³-hybridized carbons (Fsp3) is 0.923. The molecule has 1 amide bonds. The predicted octanol–water partition coefficient (Wildman–Crippen LogP) is 0.524. The molecule has 4 nitrogen and oxygen atoms in total. The van der Waals surface area contributed by atoms with Gasteiger partial charge in [-0.3, -0.25) is 4.79 Å². The molecule has 2 rings (SSSR count). The molecule has 1 saturated carbocycles. The number of likely N-dealkylation sites (N-methyl/N-ethyl adjacent to an activating group) is 1. The van der Waals surface area contributed by atoms with Crippen LogP contribution >= 0.6 is 0 Å². The maximum Gasteiger partial charge on any atom is 0.226 e. The number of carbonyl (C=O) groups excluding carboxylic acids is 1. The molecule has 2 aliphatic rings. The monoisotopic (exact) mass is 239 g/mol. The summed E-state index contributed by atoms with van der Waals surface area (Å²) in [4.78, 5) is 16.8. The van der Waals surface area contributed by atoms with Gasteiger partial charge in [-0.2, -0.15) is 0 Å². The summed E-state index contributed by atoms with van der Waals surface area (Å²) in [5.41, 5.74) is 5.96. The molecule has 0 spiro atoms. The summed E-state index contributed by atoms with van der Waals surface area (Å²) in [7, 11) is 0. The van der Waals surface area contributed by atoms with Gasteiger partial charge in [0.15, 0.2) is 0 Å². The Balaban J connectivity index is 1.90. The smallest absolute Gasteiger partial charge is 0.226 e. The van der Waals surface area contributed by atoms with Gasteiger partial charge in [-0.1, -0.05) is 20.8 Å². The van der Waals surface area contributed by atoms with E-state index >= 15 is 0 Å². The second-order valence-corrected chi connectivity index (χ2v) is 5.98. The lowest BCUT2D eigenvalue weighted by Crippen LogP contribution is -2.61. The molecule has 2 atom stereocenters. The third-order valence-corrected chi connectivity index (χ3v) is 4.77. The molecule has 1 aliphatic carbocycles. The fourth-order valence-electron chi connectivity index (χ4n) is 2.88. The second kappa shape index (κ2) is 4.58. The quantitative estimate of drug-likeness (QED) is 0.764. The molecule has 1 aliphatic heterocycles. The maximum absolute atomic E-state index is 12.4. The summed E-state index contributed by atoms with van der Waals surface area (Å²) in [6.45, 7) is 11.3. The van der Waals surface area contributed by atoms with Crippen LogP contribution in [0.2, 0.25) is 0 Å². The molecule has 17 heavy (non-hydrogen) atoms. The van der Waals surface area contributed by atoms with Crippen LogP contribution in [0.15, 0.2) is 0 Å². The van der Waals surface area contributed by atoms with Crippen molar-refractivity contribution in [3.05, 3.63) is 0 Å². The Kier molecular flexibility index (Phi) is 3.46. The lowest BCUT2D eigenvalue weighted by molar-refractivity contribution is -0.149. The number of rotatable bonds is 2. The standard InChI is InChI=1S/C13H25N3O/c1-4-15-5-7-16(8-6-15)12(17)10-9-11(14)13(10,2)3/h10-11H,4-9,14H2,1-3H3/t10-,11?/m0/s1. The fourth-order valence-corrected chi connectivity index (χ4v) is 2.88. The first-order valence-corrected chi connectivity index (χ1v) is 6.73. The highest BCUT2D eigenvalue weighted by Crippen LogP contribution is 2.45. The summed E-state index contributed by atoms with van der Waals surface area (Å²) in [6.07, 6.45) is 0.861. The van der Waals surface area contributed by atoms with Gasteiger partial charge >= 0.3 is 0 Å². The van der Waals surface area contributed by atoms with Gasteiger partial charge in [0.05, 0.1) is 0 Å². The van der Waals surface area contributed by atoms with Gasteiger partial charge in [-0.05, 0) is 18.4 Å². The van der Waals surface area contributed by atoms with Crippen molar-refractivity contribution in [3.63, 3.8) is 0 Å². The molecule has 1 heterocycles. The average Bonchev–Trinajstić information content (AvgIpc) is 2.35. The van der Waals surface area contributed by atoms with Crippen molar-refractivity contribution < 1.29 is 4.79 Å². The van der Waals surface area contributed by atoms with Crippen molar-refractivity contribution >= 4 is 5.91 Å². The molecule has 2 fully saturated rings. The van der Waals surface area contributed by atoms with E-state index in [2.05, 4.69) is 25.7 Å². The molecule has 0 bridgehead atoms. The normalized spacial score (nSPS) is 33.3. The van der Waals surface area contributed by atoms with Crippen LogP contribution in [-0.2, 0) is 4.79 Å². The Morgan fingerprint density at radius 2 is 1.88 bits per heavy atom. The van der Waals surface area contributed by atoms with E-state index < -0.39 is 0 Å². The first-order valence-electron chi connectivity index (χ1n) is 6.73. The van der Waals surface area contributed by atoms with Crippen LogP contribution in [0, 0.1) is 11.3 Å². The molecule has 0 aromatic heterocycles. The highest BCUT2D eigenvalue weighted by Gasteiger charge is 2.51. The van der Waals surface area contributed by atoms with Gasteiger partial charge in [0.25, 0.3) is 0 Å². The van der Waals surface area contributed by atoms with E-state index in [0.717, 1.165) is 39.1 Å². The van der Waals surface area contributed by atoms with Crippen molar-refractivity contribution in [2.45, 2.75) is 33.2 Å². The average molecular weight is 239 g/mol. The number of hydrogen-bond acceptors (Lipinski definition) is 3. The van der Waals surface area contributed by atoms with Crippen molar-refractivity contribution in [2.75, 3.05) is 32.7 Å². The third kappa shape index (κ3) is 2.20. The van der Waals surface area contributed by atoms with Crippen LogP contribution in [0.1, 0.15) is 27.2 Å². The molecule has 0 aromatic rings. The topological polar surface area (TPSA) is 49.6 Å². The van der Waals surface area contributed by atoms with Crippen molar-refractivity contribution in [2.24, 2.45) is 17.1 Å². The summed E-state index contributed by atoms with van der Waals surface area (Å²) >= 11 is 0. The maximum atomic E-state index is 12.4. The number of hydrogen-bond donors (Lipinski definition) is 1. The van der Waals surface area contributed by atoms with Gasteiger partial charge in [0.1, 0.15) is 0 Å². The zero-order valence-electron chi connectivity index (χ0n) is 11.3. The van der Waals surface area contributed by atoms with Crippen molar-refractivity contribution in [3.8, 4) is 0 Å². The molecule has 1 unspecified atom stereocenters. The summed E-state index contributed by atoms with van der Waals surface area (Å²) in [5.74, 6) is 0.470. The highest BCUT2D eigenvalue weighted by molar-refractivity contribution is 5.81. The lowest BCUT2D eigenvalue weighted by Gasteiger charge is -2.51. The molecule has 4 heteroatoms. The van der Waals surface area contributed by atoms with Crippen LogP contribution in [0.3, 0.4) is 0 Å². The molecule has 98 valence electrons. The number of amides is 1. The number of nitrogens with zero attached hydrogens (tertiary/aromatic N) is 2. The van der Waals surface area contributed by atoms with E-state index in [1.54, 1.807) is 0 Å². The first-order chi connectivity index (χ1) is 7.96. The second-order valence-electron chi connectivity index (χ2n) is 5.98.